The molecule has 0 spiro atoms. The number of aryl methyl sites for hydroxylation is 2. The molecule has 0 unspecified atom stereocenters. The maximum atomic E-state index is 13.4. The minimum Gasteiger partial charge on any atom is -0.349 e. The number of hydrogen-bond donors (Lipinski definition) is 1. The molecule has 2 aromatic heterocycles. The first-order valence-electron chi connectivity index (χ1n) is 10.2. The molecular weight excluding hydrogens is 338 g/mol. The SMILES string of the molecule is CCn1c(C)cc(C(=O)N2C[C@@H]3CC[C@H]2CN(Cc2nc[nH]c2C)C3)c1C. The largest absolute Gasteiger partial charge is 0.349 e. The minimum atomic E-state index is 0.218. The topological polar surface area (TPSA) is 57.2 Å². The van der Waals surface area contributed by atoms with Crippen LogP contribution in [0.4, 0.5) is 0 Å². The number of aromatic nitrogens is 3. The predicted molar refractivity (Wildman–Crippen MR) is 106 cm³/mol. The number of amides is 1. The summed E-state index contributed by atoms with van der Waals surface area (Å²) in [5.41, 5.74) is 5.43. The van der Waals surface area contributed by atoms with Gasteiger partial charge < -0.3 is 14.5 Å². The average molecular weight is 370 g/mol. The molecule has 3 aliphatic heterocycles. The molecule has 6 nitrogen and oxygen atoms in total. The van der Waals surface area contributed by atoms with Gasteiger partial charge in [-0.05, 0) is 52.5 Å². The highest BCUT2D eigenvalue weighted by atomic mass is 16.2. The molecule has 3 aliphatic rings. The van der Waals surface area contributed by atoms with Gasteiger partial charge in [0.1, 0.15) is 0 Å². The van der Waals surface area contributed by atoms with Gasteiger partial charge in [0.05, 0.1) is 17.6 Å². The number of hydrogen-bond acceptors (Lipinski definition) is 3. The Hall–Kier alpha value is -2.08. The highest BCUT2D eigenvalue weighted by Crippen LogP contribution is 2.31. The lowest BCUT2D eigenvalue weighted by Gasteiger charge is -2.36. The molecule has 27 heavy (non-hydrogen) atoms. The third kappa shape index (κ3) is 3.31. The van der Waals surface area contributed by atoms with Crippen LogP contribution >= 0.6 is 0 Å². The van der Waals surface area contributed by atoms with Crippen LogP contribution in [-0.2, 0) is 13.1 Å². The summed E-state index contributed by atoms with van der Waals surface area (Å²) in [6.45, 7) is 13.0. The van der Waals surface area contributed by atoms with E-state index >= 15 is 0 Å². The molecule has 1 amide bonds. The number of fused-ring (bicyclic) bond motifs is 4. The van der Waals surface area contributed by atoms with E-state index in [1.54, 1.807) is 6.33 Å². The van der Waals surface area contributed by atoms with Crippen LogP contribution in [0.5, 0.6) is 0 Å². The van der Waals surface area contributed by atoms with Crippen LogP contribution < -0.4 is 0 Å². The first-order valence-corrected chi connectivity index (χ1v) is 10.2. The number of carbonyl (C=O) groups is 1. The van der Waals surface area contributed by atoms with Crippen LogP contribution in [0.25, 0.3) is 0 Å². The van der Waals surface area contributed by atoms with E-state index in [2.05, 4.69) is 58.1 Å². The van der Waals surface area contributed by atoms with E-state index in [0.717, 1.165) is 61.8 Å². The van der Waals surface area contributed by atoms with Gasteiger partial charge in [-0.1, -0.05) is 0 Å². The Balaban J connectivity index is 1.54. The van der Waals surface area contributed by atoms with Crippen molar-refractivity contribution in [3.8, 4) is 0 Å². The van der Waals surface area contributed by atoms with Crippen molar-refractivity contribution < 1.29 is 4.79 Å². The zero-order valence-electron chi connectivity index (χ0n) is 17.0. The lowest BCUT2D eigenvalue weighted by molar-refractivity contribution is 0.0584. The van der Waals surface area contributed by atoms with Crippen LogP contribution in [0.2, 0.25) is 0 Å². The number of nitrogens with zero attached hydrogens (tertiary/aromatic N) is 4. The summed E-state index contributed by atoms with van der Waals surface area (Å²) in [5.74, 6) is 0.775. The van der Waals surface area contributed by atoms with Gasteiger partial charge in [0.15, 0.2) is 0 Å². The summed E-state index contributed by atoms with van der Waals surface area (Å²) in [7, 11) is 0. The van der Waals surface area contributed by atoms with Gasteiger partial charge in [0.2, 0.25) is 0 Å². The molecular formula is C21H31N5O. The fourth-order valence-electron chi connectivity index (χ4n) is 4.97. The van der Waals surface area contributed by atoms with E-state index in [0.29, 0.717) is 12.0 Å². The second-order valence-corrected chi connectivity index (χ2v) is 8.25. The van der Waals surface area contributed by atoms with E-state index < -0.39 is 0 Å². The Kier molecular flexibility index (Phi) is 4.84. The Labute approximate surface area is 161 Å². The number of imidazole rings is 1. The molecule has 0 saturated carbocycles. The molecule has 5 rings (SSSR count). The maximum Gasteiger partial charge on any atom is 0.255 e. The molecule has 0 radical (unpaired) electrons. The monoisotopic (exact) mass is 369 g/mol. The van der Waals surface area contributed by atoms with E-state index in [1.165, 1.54) is 12.1 Å². The highest BCUT2D eigenvalue weighted by Gasteiger charge is 2.38. The third-order valence-electron chi connectivity index (χ3n) is 6.48. The first kappa shape index (κ1) is 18.3. The summed E-state index contributed by atoms with van der Waals surface area (Å²) >= 11 is 0. The minimum absolute atomic E-state index is 0.218. The molecule has 2 bridgehead atoms. The molecule has 2 aromatic rings. The second kappa shape index (κ2) is 7.15. The maximum absolute atomic E-state index is 13.4. The number of H-pyrrole nitrogens is 1. The molecule has 3 fully saturated rings. The molecule has 146 valence electrons. The Morgan fingerprint density at radius 3 is 2.70 bits per heavy atom. The van der Waals surface area contributed by atoms with Gasteiger partial charge in [0, 0.05) is 55.8 Å². The fraction of sp³-hybridized carbons (Fsp3) is 0.619. The van der Waals surface area contributed by atoms with Gasteiger partial charge in [0.25, 0.3) is 5.91 Å². The summed E-state index contributed by atoms with van der Waals surface area (Å²) in [6, 6.07) is 2.38. The van der Waals surface area contributed by atoms with Gasteiger partial charge in [-0.3, -0.25) is 9.69 Å². The van der Waals surface area contributed by atoms with Crippen molar-refractivity contribution in [1.82, 2.24) is 24.3 Å². The number of carbonyl (C=O) groups excluding carboxylic acids is 1. The summed E-state index contributed by atoms with van der Waals surface area (Å²) in [6.07, 6.45) is 4.11. The second-order valence-electron chi connectivity index (χ2n) is 8.25. The zero-order valence-corrected chi connectivity index (χ0v) is 17.0. The predicted octanol–water partition coefficient (Wildman–Crippen LogP) is 2.89. The Morgan fingerprint density at radius 1 is 1.22 bits per heavy atom. The highest BCUT2D eigenvalue weighted by molar-refractivity contribution is 5.96. The summed E-state index contributed by atoms with van der Waals surface area (Å²) in [5, 5.41) is 0. The van der Waals surface area contributed by atoms with Gasteiger partial charge >= 0.3 is 0 Å². The van der Waals surface area contributed by atoms with Gasteiger partial charge in [-0.15, -0.1) is 0 Å². The fourth-order valence-corrected chi connectivity index (χ4v) is 4.97. The van der Waals surface area contributed by atoms with Crippen LogP contribution in [0.15, 0.2) is 12.4 Å². The van der Waals surface area contributed by atoms with Crippen molar-refractivity contribution in [3.05, 3.63) is 40.7 Å². The van der Waals surface area contributed by atoms with Crippen molar-refractivity contribution >= 4 is 5.91 Å². The molecule has 0 aromatic carbocycles. The molecule has 5 heterocycles. The van der Waals surface area contributed by atoms with Crippen molar-refractivity contribution in [2.45, 2.75) is 59.7 Å². The molecule has 6 heteroatoms. The summed E-state index contributed by atoms with van der Waals surface area (Å²) < 4.78 is 2.23. The molecule has 1 N–H and O–H groups in total. The van der Waals surface area contributed by atoms with Crippen molar-refractivity contribution in [2.75, 3.05) is 19.6 Å². The van der Waals surface area contributed by atoms with Crippen LogP contribution in [0.3, 0.4) is 0 Å². The average Bonchev–Trinajstić information content (AvgIpc) is 3.03. The van der Waals surface area contributed by atoms with E-state index in [9.17, 15) is 4.79 Å². The number of rotatable bonds is 4. The molecule has 2 atom stereocenters. The van der Waals surface area contributed by atoms with Crippen LogP contribution in [0, 0.1) is 26.7 Å². The smallest absolute Gasteiger partial charge is 0.255 e. The van der Waals surface area contributed by atoms with Gasteiger partial charge in [-0.25, -0.2) is 4.98 Å². The van der Waals surface area contributed by atoms with Crippen molar-refractivity contribution in [2.24, 2.45) is 5.92 Å². The number of aromatic amines is 1. The van der Waals surface area contributed by atoms with E-state index in [1.807, 2.05) is 0 Å². The standard InChI is InChI=1S/C21H31N5O/c1-5-25-14(2)8-19(16(25)4)21(27)26-10-17-6-7-18(26)11-24(9-17)12-20-15(3)22-13-23-20/h8,13,17-18H,5-7,9-12H2,1-4H3,(H,22,23)/t17-,18+/m1/s1. The van der Waals surface area contributed by atoms with Crippen LogP contribution in [0.1, 0.15) is 52.9 Å². The third-order valence-corrected chi connectivity index (χ3v) is 6.48. The lowest BCUT2D eigenvalue weighted by atomic mass is 9.94. The van der Waals surface area contributed by atoms with Crippen molar-refractivity contribution in [1.29, 1.82) is 0 Å². The lowest BCUT2D eigenvalue weighted by Crippen LogP contribution is -2.47. The van der Waals surface area contributed by atoms with E-state index in [-0.39, 0.29) is 5.91 Å². The number of piperidine rings is 1. The van der Waals surface area contributed by atoms with Crippen LogP contribution in [-0.4, -0.2) is 55.9 Å². The quantitative estimate of drug-likeness (QED) is 0.902. The normalized spacial score (nSPS) is 23.0. The van der Waals surface area contributed by atoms with E-state index in [4.69, 9.17) is 0 Å². The first-order chi connectivity index (χ1) is 13.0. The molecule has 3 saturated heterocycles. The number of nitrogens with one attached hydrogen (secondary N) is 1. The van der Waals surface area contributed by atoms with Gasteiger partial charge in [-0.2, -0.15) is 0 Å². The Morgan fingerprint density at radius 2 is 2.04 bits per heavy atom. The Bertz CT molecular complexity index is 836. The molecule has 0 aliphatic carbocycles. The van der Waals surface area contributed by atoms with Crippen molar-refractivity contribution in [3.63, 3.8) is 0 Å². The summed E-state index contributed by atoms with van der Waals surface area (Å²) in [4.78, 5) is 25.7. The zero-order chi connectivity index (χ0) is 19.1.